The number of amides is 1. The smallest absolute Gasteiger partial charge is 0.271 e. The molecule has 3 rings (SSSR count). The number of piperidine rings is 1. The summed E-state index contributed by atoms with van der Waals surface area (Å²) < 4.78 is 1.81. The van der Waals surface area contributed by atoms with Crippen LogP contribution in [0.25, 0.3) is 11.3 Å². The van der Waals surface area contributed by atoms with Crippen LogP contribution in [0, 0.1) is 19.8 Å². The van der Waals surface area contributed by atoms with Crippen molar-refractivity contribution in [3.8, 4) is 11.3 Å². The van der Waals surface area contributed by atoms with Gasteiger partial charge >= 0.3 is 0 Å². The van der Waals surface area contributed by atoms with Crippen molar-refractivity contribution in [3.05, 3.63) is 23.1 Å². The van der Waals surface area contributed by atoms with Crippen molar-refractivity contribution in [2.24, 2.45) is 13.0 Å². The molecule has 2 aromatic heterocycles. The minimum atomic E-state index is -0.460. The summed E-state index contributed by atoms with van der Waals surface area (Å²) in [7, 11) is 1.89. The Hall–Kier alpha value is -2.15. The summed E-state index contributed by atoms with van der Waals surface area (Å²) in [5.41, 5.74) is 4.02. The molecule has 1 aliphatic heterocycles. The molecule has 0 saturated carbocycles. The standard InChI is InChI=1S/C16H23N5O2/c1-9-5-6-21(8-14(9)22)16(23)13-7-12(17-18-13)15-10(2)19-20(4)11(15)3/h7,9,14,22H,5-6,8H2,1-4H3,(H,17,18). The third-order valence-electron chi connectivity index (χ3n) is 4.78. The molecular formula is C16H23N5O2. The van der Waals surface area contributed by atoms with Gasteiger partial charge in [0.2, 0.25) is 0 Å². The second-order valence-electron chi connectivity index (χ2n) is 6.42. The largest absolute Gasteiger partial charge is 0.391 e. The highest BCUT2D eigenvalue weighted by molar-refractivity contribution is 5.93. The van der Waals surface area contributed by atoms with Gasteiger partial charge in [-0.1, -0.05) is 6.92 Å². The lowest BCUT2D eigenvalue weighted by Gasteiger charge is -2.33. The first-order chi connectivity index (χ1) is 10.9. The Bertz CT molecular complexity index is 733. The molecule has 2 atom stereocenters. The van der Waals surface area contributed by atoms with Crippen LogP contribution in [0.4, 0.5) is 0 Å². The summed E-state index contributed by atoms with van der Waals surface area (Å²) in [6, 6.07) is 1.77. The van der Waals surface area contributed by atoms with Crippen LogP contribution in [0.15, 0.2) is 6.07 Å². The van der Waals surface area contributed by atoms with E-state index in [-0.39, 0.29) is 11.8 Å². The maximum Gasteiger partial charge on any atom is 0.271 e. The van der Waals surface area contributed by atoms with Gasteiger partial charge in [-0.3, -0.25) is 14.6 Å². The first kappa shape index (κ1) is 15.7. The van der Waals surface area contributed by atoms with Crippen LogP contribution in [0.1, 0.15) is 35.2 Å². The second kappa shape index (κ2) is 5.81. The minimum absolute atomic E-state index is 0.117. The lowest BCUT2D eigenvalue weighted by Crippen LogP contribution is -2.45. The molecule has 3 heterocycles. The highest BCUT2D eigenvalue weighted by atomic mass is 16.3. The third kappa shape index (κ3) is 2.76. The molecule has 1 fully saturated rings. The molecule has 0 radical (unpaired) electrons. The van der Waals surface area contributed by atoms with Crippen LogP contribution in [0.5, 0.6) is 0 Å². The van der Waals surface area contributed by atoms with Crippen molar-refractivity contribution in [2.75, 3.05) is 13.1 Å². The number of aliphatic hydroxyl groups excluding tert-OH is 1. The van der Waals surface area contributed by atoms with Crippen LogP contribution in [-0.2, 0) is 7.05 Å². The van der Waals surface area contributed by atoms with Gasteiger partial charge in [0.1, 0.15) is 5.69 Å². The highest BCUT2D eigenvalue weighted by Crippen LogP contribution is 2.26. The lowest BCUT2D eigenvalue weighted by molar-refractivity contribution is 0.0245. The molecule has 2 N–H and O–H groups in total. The molecule has 7 heteroatoms. The van der Waals surface area contributed by atoms with Crippen molar-refractivity contribution in [1.82, 2.24) is 24.9 Å². The molecule has 0 aromatic carbocycles. The number of H-pyrrole nitrogens is 1. The number of hydrogen-bond acceptors (Lipinski definition) is 4. The van der Waals surface area contributed by atoms with E-state index in [1.807, 2.05) is 32.5 Å². The maximum atomic E-state index is 12.6. The molecule has 1 saturated heterocycles. The van der Waals surface area contributed by atoms with Gasteiger partial charge in [0, 0.05) is 31.4 Å². The van der Waals surface area contributed by atoms with Crippen LogP contribution in [0.3, 0.4) is 0 Å². The van der Waals surface area contributed by atoms with Gasteiger partial charge in [0.25, 0.3) is 5.91 Å². The number of carbonyl (C=O) groups excluding carboxylic acids is 1. The zero-order valence-corrected chi connectivity index (χ0v) is 14.0. The van der Waals surface area contributed by atoms with E-state index in [2.05, 4.69) is 15.3 Å². The second-order valence-corrected chi connectivity index (χ2v) is 6.42. The summed E-state index contributed by atoms with van der Waals surface area (Å²) in [5.74, 6) is 0.117. The monoisotopic (exact) mass is 317 g/mol. The van der Waals surface area contributed by atoms with Crippen LogP contribution in [-0.4, -0.2) is 55.1 Å². The molecule has 0 spiro atoms. The topological polar surface area (TPSA) is 87.0 Å². The Morgan fingerprint density at radius 3 is 2.78 bits per heavy atom. The molecule has 2 unspecified atom stereocenters. The van der Waals surface area contributed by atoms with Gasteiger partial charge in [-0.2, -0.15) is 10.2 Å². The molecule has 2 aromatic rings. The van der Waals surface area contributed by atoms with Crippen molar-refractivity contribution in [1.29, 1.82) is 0 Å². The number of nitrogens with zero attached hydrogens (tertiary/aromatic N) is 4. The molecule has 7 nitrogen and oxygen atoms in total. The van der Waals surface area contributed by atoms with Gasteiger partial charge < -0.3 is 10.0 Å². The van der Waals surface area contributed by atoms with Gasteiger partial charge in [0.15, 0.2) is 0 Å². The number of rotatable bonds is 2. The number of β-amino-alcohol motifs (C(OH)–C–C–N with tert-alkyl or cyclic N) is 1. The summed E-state index contributed by atoms with van der Waals surface area (Å²) in [6.07, 6.45) is 0.354. The van der Waals surface area contributed by atoms with Gasteiger partial charge in [-0.25, -0.2) is 0 Å². The summed E-state index contributed by atoms with van der Waals surface area (Å²) in [5, 5.41) is 21.5. The number of carbonyl (C=O) groups is 1. The van der Waals surface area contributed by atoms with Crippen LogP contribution < -0.4 is 0 Å². The summed E-state index contributed by atoms with van der Waals surface area (Å²) in [4.78, 5) is 14.3. The van der Waals surface area contributed by atoms with Gasteiger partial charge in [-0.05, 0) is 32.3 Å². The van der Waals surface area contributed by atoms with E-state index in [0.29, 0.717) is 18.8 Å². The number of aromatic nitrogens is 4. The first-order valence-electron chi connectivity index (χ1n) is 7.91. The molecule has 124 valence electrons. The Balaban J connectivity index is 1.83. The molecule has 0 bridgehead atoms. The highest BCUT2D eigenvalue weighted by Gasteiger charge is 2.29. The number of aryl methyl sites for hydroxylation is 2. The van der Waals surface area contributed by atoms with E-state index in [1.165, 1.54) is 0 Å². The molecule has 1 amide bonds. The average Bonchev–Trinajstić information content (AvgIpc) is 3.07. The quantitative estimate of drug-likeness (QED) is 0.873. The van der Waals surface area contributed by atoms with Crippen molar-refractivity contribution < 1.29 is 9.90 Å². The van der Waals surface area contributed by atoms with E-state index in [1.54, 1.807) is 11.0 Å². The average molecular weight is 317 g/mol. The van der Waals surface area contributed by atoms with Crippen LogP contribution >= 0.6 is 0 Å². The minimum Gasteiger partial charge on any atom is -0.391 e. The molecule has 23 heavy (non-hydrogen) atoms. The normalized spacial score (nSPS) is 21.7. The number of hydrogen-bond donors (Lipinski definition) is 2. The van der Waals surface area contributed by atoms with Crippen molar-refractivity contribution in [2.45, 2.75) is 33.3 Å². The Labute approximate surface area is 135 Å². The molecular weight excluding hydrogens is 294 g/mol. The number of aromatic amines is 1. The Morgan fingerprint density at radius 1 is 1.43 bits per heavy atom. The predicted octanol–water partition coefficient (Wildman–Crippen LogP) is 1.27. The number of likely N-dealkylation sites (tertiary alicyclic amines) is 1. The van der Waals surface area contributed by atoms with E-state index in [9.17, 15) is 9.90 Å². The van der Waals surface area contributed by atoms with E-state index in [0.717, 1.165) is 29.1 Å². The number of aliphatic hydroxyl groups is 1. The fourth-order valence-corrected chi connectivity index (χ4v) is 3.11. The fourth-order valence-electron chi connectivity index (χ4n) is 3.11. The van der Waals surface area contributed by atoms with Gasteiger partial charge in [0.05, 0.1) is 17.5 Å². The SMILES string of the molecule is Cc1nn(C)c(C)c1-c1cc(C(=O)N2CCC(C)C(O)C2)[nH]n1. The van der Waals surface area contributed by atoms with E-state index < -0.39 is 6.10 Å². The first-order valence-corrected chi connectivity index (χ1v) is 7.91. The molecule has 0 aliphatic carbocycles. The third-order valence-corrected chi connectivity index (χ3v) is 4.78. The maximum absolute atomic E-state index is 12.6. The Kier molecular flexibility index (Phi) is 3.97. The molecule has 1 aliphatic rings. The lowest BCUT2D eigenvalue weighted by atomic mass is 9.96. The van der Waals surface area contributed by atoms with Gasteiger partial charge in [-0.15, -0.1) is 0 Å². The Morgan fingerprint density at radius 2 is 2.17 bits per heavy atom. The fraction of sp³-hybridized carbons (Fsp3) is 0.562. The number of nitrogens with one attached hydrogen (secondary N) is 1. The zero-order chi connectivity index (χ0) is 16.7. The predicted molar refractivity (Wildman–Crippen MR) is 86.0 cm³/mol. The van der Waals surface area contributed by atoms with Crippen LogP contribution in [0.2, 0.25) is 0 Å². The van der Waals surface area contributed by atoms with Crippen molar-refractivity contribution >= 4 is 5.91 Å². The van der Waals surface area contributed by atoms with Crippen molar-refractivity contribution in [3.63, 3.8) is 0 Å². The summed E-state index contributed by atoms with van der Waals surface area (Å²) >= 11 is 0. The van der Waals surface area contributed by atoms with E-state index in [4.69, 9.17) is 0 Å². The zero-order valence-electron chi connectivity index (χ0n) is 14.0. The van der Waals surface area contributed by atoms with E-state index >= 15 is 0 Å². The summed E-state index contributed by atoms with van der Waals surface area (Å²) in [6.45, 7) is 6.96.